The summed E-state index contributed by atoms with van der Waals surface area (Å²) in [5.74, 6) is 2.26. The van der Waals surface area contributed by atoms with Crippen molar-refractivity contribution in [2.75, 3.05) is 27.3 Å². The molecule has 0 saturated carbocycles. The summed E-state index contributed by atoms with van der Waals surface area (Å²) < 4.78 is 10.8. The third-order valence-corrected chi connectivity index (χ3v) is 5.15. The highest BCUT2D eigenvalue weighted by Crippen LogP contribution is 2.32. The smallest absolute Gasteiger partial charge is 0.191 e. The molecular formula is C20H31IN4O2S. The molecule has 28 heavy (non-hydrogen) atoms. The molecule has 156 valence electrons. The first-order valence-corrected chi connectivity index (χ1v) is 9.87. The Morgan fingerprint density at radius 1 is 1.18 bits per heavy atom. The Bertz CT molecular complexity index is 777. The number of methoxy groups -OCH3 is 2. The van der Waals surface area contributed by atoms with E-state index in [1.807, 2.05) is 18.3 Å². The van der Waals surface area contributed by atoms with Crippen LogP contribution in [0.15, 0.2) is 29.4 Å². The van der Waals surface area contributed by atoms with Gasteiger partial charge in [0.2, 0.25) is 0 Å². The molecular weight excluding hydrogens is 487 g/mol. The fraction of sp³-hybridized carbons (Fsp3) is 0.500. The molecule has 1 heterocycles. The van der Waals surface area contributed by atoms with E-state index in [9.17, 15) is 0 Å². The molecule has 0 unspecified atom stereocenters. The van der Waals surface area contributed by atoms with E-state index in [0.717, 1.165) is 35.6 Å². The molecule has 1 aromatic heterocycles. The van der Waals surface area contributed by atoms with Crippen LogP contribution >= 0.6 is 35.3 Å². The van der Waals surface area contributed by atoms with Crippen molar-refractivity contribution >= 4 is 41.3 Å². The largest absolute Gasteiger partial charge is 0.493 e. The first-order valence-electron chi connectivity index (χ1n) is 9.05. The molecule has 8 heteroatoms. The van der Waals surface area contributed by atoms with Gasteiger partial charge in [-0.15, -0.1) is 35.3 Å². The van der Waals surface area contributed by atoms with E-state index in [-0.39, 0.29) is 29.4 Å². The number of aromatic nitrogens is 1. The summed E-state index contributed by atoms with van der Waals surface area (Å²) in [5.41, 5.74) is 1.05. The lowest BCUT2D eigenvalue weighted by molar-refractivity contribution is 0.353. The molecule has 2 N–H and O–H groups in total. The summed E-state index contributed by atoms with van der Waals surface area (Å²) in [6.07, 6.45) is 1.88. The van der Waals surface area contributed by atoms with Crippen molar-refractivity contribution in [2.45, 2.75) is 39.7 Å². The van der Waals surface area contributed by atoms with Crippen LogP contribution in [0.5, 0.6) is 11.5 Å². The topological polar surface area (TPSA) is 67.8 Å². The van der Waals surface area contributed by atoms with Crippen molar-refractivity contribution in [3.8, 4) is 11.5 Å². The molecule has 0 saturated heterocycles. The maximum Gasteiger partial charge on any atom is 0.191 e. The summed E-state index contributed by atoms with van der Waals surface area (Å²) in [6, 6.07) is 6.05. The second kappa shape index (κ2) is 11.5. The van der Waals surface area contributed by atoms with Crippen LogP contribution in [0, 0.1) is 6.92 Å². The molecule has 0 fully saturated rings. The van der Waals surface area contributed by atoms with Gasteiger partial charge < -0.3 is 20.1 Å². The van der Waals surface area contributed by atoms with E-state index in [1.54, 1.807) is 25.6 Å². The van der Waals surface area contributed by atoms with Crippen molar-refractivity contribution < 1.29 is 9.47 Å². The molecule has 0 radical (unpaired) electrons. The minimum Gasteiger partial charge on any atom is -0.493 e. The highest BCUT2D eigenvalue weighted by Gasteiger charge is 2.22. The zero-order valence-electron chi connectivity index (χ0n) is 17.5. The summed E-state index contributed by atoms with van der Waals surface area (Å²) in [4.78, 5) is 10.2. The second-order valence-corrected chi connectivity index (χ2v) is 8.19. The van der Waals surface area contributed by atoms with Gasteiger partial charge in [-0.25, -0.2) is 9.98 Å². The van der Waals surface area contributed by atoms with Gasteiger partial charge in [-0.2, -0.15) is 0 Å². The van der Waals surface area contributed by atoms with Crippen molar-refractivity contribution in [3.05, 3.63) is 39.8 Å². The van der Waals surface area contributed by atoms with Crippen LogP contribution in [0.4, 0.5) is 0 Å². The Hall–Kier alpha value is -1.55. The van der Waals surface area contributed by atoms with Gasteiger partial charge in [-0.05, 0) is 31.5 Å². The predicted octanol–water partition coefficient (Wildman–Crippen LogP) is 4.12. The average Bonchev–Trinajstić information content (AvgIpc) is 3.08. The zero-order valence-corrected chi connectivity index (χ0v) is 20.6. The van der Waals surface area contributed by atoms with Gasteiger partial charge in [-0.3, -0.25) is 0 Å². The molecule has 0 aliphatic rings. The third-order valence-electron chi connectivity index (χ3n) is 4.25. The van der Waals surface area contributed by atoms with E-state index < -0.39 is 0 Å². The predicted molar refractivity (Wildman–Crippen MR) is 128 cm³/mol. The van der Waals surface area contributed by atoms with Crippen LogP contribution in [0.1, 0.15) is 36.2 Å². The minimum atomic E-state index is -0.118. The van der Waals surface area contributed by atoms with Crippen LogP contribution < -0.4 is 20.1 Å². The number of guanidine groups is 1. The number of benzene rings is 1. The first-order chi connectivity index (χ1) is 12.9. The second-order valence-electron chi connectivity index (χ2n) is 6.87. The number of nitrogens with one attached hydrogen (secondary N) is 2. The van der Waals surface area contributed by atoms with Gasteiger partial charge in [0.15, 0.2) is 17.5 Å². The SMILES string of the molecule is CCNC(=NCc1ncc(C)s1)NCC(C)(C)c1ccc(OC)c(OC)c1.I. The minimum absolute atomic E-state index is 0. The van der Waals surface area contributed by atoms with Crippen LogP contribution in [-0.2, 0) is 12.0 Å². The zero-order chi connectivity index (χ0) is 19.9. The van der Waals surface area contributed by atoms with E-state index in [2.05, 4.69) is 54.4 Å². The first kappa shape index (κ1) is 24.5. The molecule has 0 bridgehead atoms. The lowest BCUT2D eigenvalue weighted by Crippen LogP contribution is -2.43. The summed E-state index contributed by atoms with van der Waals surface area (Å²) in [7, 11) is 3.30. The molecule has 0 aliphatic heterocycles. The number of aliphatic imine (C=N–C) groups is 1. The highest BCUT2D eigenvalue weighted by molar-refractivity contribution is 14.0. The Labute approximate surface area is 189 Å². The standard InChI is InChI=1S/C20H30N4O2S.HI/c1-7-21-19(23-12-18-22-11-14(2)27-18)24-13-20(3,4)15-8-9-16(25-5)17(10-15)26-6;/h8-11H,7,12-13H2,1-6H3,(H2,21,23,24);1H. The van der Waals surface area contributed by atoms with Gasteiger partial charge in [-0.1, -0.05) is 19.9 Å². The number of nitrogens with zero attached hydrogens (tertiary/aromatic N) is 2. The maximum atomic E-state index is 5.44. The number of hydrogen-bond donors (Lipinski definition) is 2. The lowest BCUT2D eigenvalue weighted by atomic mass is 9.84. The molecule has 0 amide bonds. The van der Waals surface area contributed by atoms with Crippen molar-refractivity contribution in [2.24, 2.45) is 4.99 Å². The summed E-state index contributed by atoms with van der Waals surface area (Å²) >= 11 is 1.68. The monoisotopic (exact) mass is 518 g/mol. The Morgan fingerprint density at radius 2 is 1.89 bits per heavy atom. The Morgan fingerprint density at radius 3 is 2.46 bits per heavy atom. The number of hydrogen-bond acceptors (Lipinski definition) is 5. The average molecular weight is 518 g/mol. The van der Waals surface area contributed by atoms with Crippen LogP contribution in [-0.4, -0.2) is 38.3 Å². The number of thiazole rings is 1. The Balaban J connectivity index is 0.00000392. The van der Waals surface area contributed by atoms with Gasteiger partial charge in [0.1, 0.15) is 5.01 Å². The maximum absolute atomic E-state index is 5.44. The Kier molecular flexibility index (Phi) is 10.0. The number of ether oxygens (including phenoxy) is 2. The molecule has 1 aromatic carbocycles. The van der Waals surface area contributed by atoms with Crippen molar-refractivity contribution in [3.63, 3.8) is 0 Å². The molecule has 0 spiro atoms. The van der Waals surface area contributed by atoms with Gasteiger partial charge in [0, 0.05) is 29.6 Å². The van der Waals surface area contributed by atoms with E-state index in [0.29, 0.717) is 6.54 Å². The van der Waals surface area contributed by atoms with Crippen LogP contribution in [0.25, 0.3) is 0 Å². The molecule has 0 aliphatic carbocycles. The van der Waals surface area contributed by atoms with Gasteiger partial charge in [0.05, 0.1) is 20.8 Å². The van der Waals surface area contributed by atoms with Gasteiger partial charge in [0.25, 0.3) is 0 Å². The third kappa shape index (κ3) is 6.80. The van der Waals surface area contributed by atoms with E-state index in [4.69, 9.17) is 9.47 Å². The normalized spacial score (nSPS) is 11.6. The summed E-state index contributed by atoms with van der Waals surface area (Å²) in [5, 5.41) is 7.76. The fourth-order valence-corrected chi connectivity index (χ4v) is 3.34. The van der Waals surface area contributed by atoms with Crippen molar-refractivity contribution in [1.29, 1.82) is 0 Å². The number of aryl methyl sites for hydroxylation is 1. The summed E-state index contributed by atoms with van der Waals surface area (Å²) in [6.45, 7) is 10.6. The van der Waals surface area contributed by atoms with Crippen LogP contribution in [0.2, 0.25) is 0 Å². The van der Waals surface area contributed by atoms with E-state index in [1.165, 1.54) is 10.4 Å². The van der Waals surface area contributed by atoms with Gasteiger partial charge >= 0.3 is 0 Å². The van der Waals surface area contributed by atoms with Crippen LogP contribution in [0.3, 0.4) is 0 Å². The lowest BCUT2D eigenvalue weighted by Gasteiger charge is -2.27. The van der Waals surface area contributed by atoms with E-state index >= 15 is 0 Å². The highest BCUT2D eigenvalue weighted by atomic mass is 127. The molecule has 0 atom stereocenters. The molecule has 2 rings (SSSR count). The quantitative estimate of drug-likeness (QED) is 0.313. The fourth-order valence-electron chi connectivity index (χ4n) is 2.63. The molecule has 6 nitrogen and oxygen atoms in total. The number of halogens is 1. The molecule has 2 aromatic rings. The number of rotatable bonds is 8. The van der Waals surface area contributed by atoms with Crippen molar-refractivity contribution in [1.82, 2.24) is 15.6 Å².